The van der Waals surface area contributed by atoms with Crippen LogP contribution >= 0.6 is 11.8 Å². The molecule has 0 bridgehead atoms. The normalized spacial score (nSPS) is 15.3. The number of benzene rings is 1. The molecular weight excluding hydrogens is 206 g/mol. The Morgan fingerprint density at radius 3 is 2.87 bits per heavy atom. The van der Waals surface area contributed by atoms with Crippen molar-refractivity contribution in [2.45, 2.75) is 18.7 Å². The lowest BCUT2D eigenvalue weighted by atomic mass is 10.1. The van der Waals surface area contributed by atoms with Crippen LogP contribution in [-0.2, 0) is 4.79 Å². The zero-order valence-corrected chi connectivity index (χ0v) is 9.88. The van der Waals surface area contributed by atoms with Gasteiger partial charge < -0.3 is 4.90 Å². The molecule has 0 aliphatic carbocycles. The standard InChI is InChI=1S/C12H15NOS/c1-9(2)12(14)13-7-8-15-11-6-4-3-5-10(11)13/h3-6,9H,7-8H2,1-2H3. The SMILES string of the molecule is CC(C)C(=O)N1CCSc2ccccc21. The van der Waals surface area contributed by atoms with Gasteiger partial charge in [-0.3, -0.25) is 4.79 Å². The van der Waals surface area contributed by atoms with Crippen molar-refractivity contribution < 1.29 is 4.79 Å². The first-order valence-corrected chi connectivity index (χ1v) is 6.22. The van der Waals surface area contributed by atoms with Crippen molar-refractivity contribution in [2.24, 2.45) is 5.92 Å². The molecule has 1 heterocycles. The largest absolute Gasteiger partial charge is 0.310 e. The highest BCUT2D eigenvalue weighted by atomic mass is 32.2. The number of nitrogens with zero attached hydrogens (tertiary/aromatic N) is 1. The van der Waals surface area contributed by atoms with E-state index >= 15 is 0 Å². The average Bonchev–Trinajstić information content (AvgIpc) is 2.27. The molecule has 2 nitrogen and oxygen atoms in total. The van der Waals surface area contributed by atoms with Gasteiger partial charge in [0.05, 0.1) is 5.69 Å². The summed E-state index contributed by atoms with van der Waals surface area (Å²) in [5, 5.41) is 0. The van der Waals surface area contributed by atoms with Crippen LogP contribution in [0.1, 0.15) is 13.8 Å². The maximum atomic E-state index is 12.0. The van der Waals surface area contributed by atoms with Crippen LogP contribution in [0.3, 0.4) is 0 Å². The lowest BCUT2D eigenvalue weighted by Gasteiger charge is -2.30. The zero-order valence-electron chi connectivity index (χ0n) is 9.06. The van der Waals surface area contributed by atoms with Crippen molar-refractivity contribution in [2.75, 3.05) is 17.2 Å². The van der Waals surface area contributed by atoms with Gasteiger partial charge >= 0.3 is 0 Å². The van der Waals surface area contributed by atoms with E-state index < -0.39 is 0 Å². The molecule has 0 N–H and O–H groups in total. The number of carbonyl (C=O) groups excluding carboxylic acids is 1. The van der Waals surface area contributed by atoms with Crippen LogP contribution in [0, 0.1) is 5.92 Å². The number of amides is 1. The molecule has 0 aromatic heterocycles. The van der Waals surface area contributed by atoms with Crippen LogP contribution in [0.5, 0.6) is 0 Å². The number of carbonyl (C=O) groups is 1. The van der Waals surface area contributed by atoms with Gasteiger partial charge in [0.1, 0.15) is 0 Å². The molecule has 0 fully saturated rings. The highest BCUT2D eigenvalue weighted by Gasteiger charge is 2.23. The van der Waals surface area contributed by atoms with E-state index in [1.807, 2.05) is 48.7 Å². The molecule has 0 saturated heterocycles. The Morgan fingerprint density at radius 1 is 1.40 bits per heavy atom. The van der Waals surface area contributed by atoms with Gasteiger partial charge in [-0.05, 0) is 12.1 Å². The Morgan fingerprint density at radius 2 is 2.13 bits per heavy atom. The molecule has 1 amide bonds. The quantitative estimate of drug-likeness (QED) is 0.726. The molecule has 1 aromatic carbocycles. The summed E-state index contributed by atoms with van der Waals surface area (Å²) in [4.78, 5) is 15.1. The number of thioether (sulfide) groups is 1. The number of hydrogen-bond donors (Lipinski definition) is 0. The van der Waals surface area contributed by atoms with Crippen molar-refractivity contribution in [3.05, 3.63) is 24.3 Å². The third-order valence-corrected chi connectivity index (χ3v) is 3.53. The second-order valence-electron chi connectivity index (χ2n) is 3.96. The molecule has 0 spiro atoms. The van der Waals surface area contributed by atoms with Gasteiger partial charge in [0.2, 0.25) is 5.91 Å². The summed E-state index contributed by atoms with van der Waals surface area (Å²) >= 11 is 1.83. The Labute approximate surface area is 94.7 Å². The molecule has 1 aromatic rings. The Bertz CT molecular complexity index is 376. The van der Waals surface area contributed by atoms with Crippen molar-refractivity contribution in [1.82, 2.24) is 0 Å². The van der Waals surface area contributed by atoms with Crippen molar-refractivity contribution in [3.8, 4) is 0 Å². The van der Waals surface area contributed by atoms with E-state index in [1.54, 1.807) is 0 Å². The number of para-hydroxylation sites is 1. The van der Waals surface area contributed by atoms with E-state index in [0.717, 1.165) is 18.0 Å². The summed E-state index contributed by atoms with van der Waals surface area (Å²) in [5.41, 5.74) is 1.08. The summed E-state index contributed by atoms with van der Waals surface area (Å²) < 4.78 is 0. The second-order valence-corrected chi connectivity index (χ2v) is 5.10. The van der Waals surface area contributed by atoms with E-state index in [1.165, 1.54) is 4.90 Å². The minimum atomic E-state index is 0.0705. The minimum Gasteiger partial charge on any atom is -0.310 e. The Balaban J connectivity index is 2.34. The fourth-order valence-electron chi connectivity index (χ4n) is 1.71. The maximum Gasteiger partial charge on any atom is 0.229 e. The van der Waals surface area contributed by atoms with Gasteiger partial charge in [-0.25, -0.2) is 0 Å². The summed E-state index contributed by atoms with van der Waals surface area (Å²) in [6, 6.07) is 8.13. The number of hydrogen-bond acceptors (Lipinski definition) is 2. The van der Waals surface area contributed by atoms with Crippen molar-refractivity contribution >= 4 is 23.4 Å². The molecule has 0 saturated carbocycles. The Kier molecular flexibility index (Phi) is 3.00. The second kappa shape index (κ2) is 4.27. The van der Waals surface area contributed by atoms with Crippen molar-refractivity contribution in [3.63, 3.8) is 0 Å². The predicted molar refractivity (Wildman–Crippen MR) is 64.4 cm³/mol. The molecule has 1 aliphatic rings. The first-order chi connectivity index (χ1) is 7.20. The fourth-order valence-corrected chi connectivity index (χ4v) is 2.70. The maximum absolute atomic E-state index is 12.0. The lowest BCUT2D eigenvalue weighted by Crippen LogP contribution is -2.38. The minimum absolute atomic E-state index is 0.0705. The third kappa shape index (κ3) is 2.02. The first-order valence-electron chi connectivity index (χ1n) is 5.23. The Hall–Kier alpha value is -0.960. The molecule has 2 rings (SSSR count). The van der Waals surface area contributed by atoms with Gasteiger partial charge in [-0.15, -0.1) is 11.8 Å². The number of fused-ring (bicyclic) bond motifs is 1. The smallest absolute Gasteiger partial charge is 0.229 e. The molecule has 1 aliphatic heterocycles. The van der Waals surface area contributed by atoms with E-state index in [-0.39, 0.29) is 11.8 Å². The molecule has 3 heteroatoms. The predicted octanol–water partition coefficient (Wildman–Crippen LogP) is 2.78. The van der Waals surface area contributed by atoms with Crippen LogP contribution in [0.4, 0.5) is 5.69 Å². The number of rotatable bonds is 1. The molecule has 0 atom stereocenters. The lowest BCUT2D eigenvalue weighted by molar-refractivity contribution is -0.121. The summed E-state index contributed by atoms with van der Waals surface area (Å²) in [7, 11) is 0. The van der Waals surface area contributed by atoms with Gasteiger partial charge in [0.25, 0.3) is 0 Å². The van der Waals surface area contributed by atoms with Crippen LogP contribution in [0.2, 0.25) is 0 Å². The summed E-state index contributed by atoms with van der Waals surface area (Å²) in [6.45, 7) is 4.73. The summed E-state index contributed by atoms with van der Waals surface area (Å²) in [5.74, 6) is 1.29. The molecular formula is C12H15NOS. The van der Waals surface area contributed by atoms with Crippen LogP contribution < -0.4 is 4.90 Å². The highest BCUT2D eigenvalue weighted by molar-refractivity contribution is 7.99. The van der Waals surface area contributed by atoms with Crippen LogP contribution in [-0.4, -0.2) is 18.2 Å². The van der Waals surface area contributed by atoms with Gasteiger partial charge in [0, 0.05) is 23.1 Å². The summed E-state index contributed by atoms with van der Waals surface area (Å²) in [6.07, 6.45) is 0. The van der Waals surface area contributed by atoms with Crippen LogP contribution in [0.15, 0.2) is 29.2 Å². The third-order valence-electron chi connectivity index (χ3n) is 2.49. The topological polar surface area (TPSA) is 20.3 Å². The zero-order chi connectivity index (χ0) is 10.8. The molecule has 15 heavy (non-hydrogen) atoms. The van der Waals surface area contributed by atoms with E-state index in [0.29, 0.717) is 0 Å². The van der Waals surface area contributed by atoms with Crippen LogP contribution in [0.25, 0.3) is 0 Å². The highest BCUT2D eigenvalue weighted by Crippen LogP contribution is 2.34. The molecule has 80 valence electrons. The molecule has 0 radical (unpaired) electrons. The monoisotopic (exact) mass is 221 g/mol. The van der Waals surface area contributed by atoms with Gasteiger partial charge in [-0.1, -0.05) is 26.0 Å². The average molecular weight is 221 g/mol. The fraction of sp³-hybridized carbons (Fsp3) is 0.417. The van der Waals surface area contributed by atoms with E-state index in [9.17, 15) is 4.79 Å². The van der Waals surface area contributed by atoms with E-state index in [4.69, 9.17) is 0 Å². The molecule has 0 unspecified atom stereocenters. The van der Waals surface area contributed by atoms with Gasteiger partial charge in [-0.2, -0.15) is 0 Å². The van der Waals surface area contributed by atoms with E-state index in [2.05, 4.69) is 6.07 Å². The van der Waals surface area contributed by atoms with Gasteiger partial charge in [0.15, 0.2) is 0 Å². The number of anilines is 1. The van der Waals surface area contributed by atoms with Crippen molar-refractivity contribution in [1.29, 1.82) is 0 Å². The first kappa shape index (κ1) is 10.6.